The molecule has 2 amide bonds. The Kier molecular flexibility index (Phi) is 4.37. The van der Waals surface area contributed by atoms with Gasteiger partial charge in [-0.05, 0) is 37.3 Å². The van der Waals surface area contributed by atoms with Crippen LogP contribution in [0.1, 0.15) is 27.3 Å². The highest BCUT2D eigenvalue weighted by Gasteiger charge is 2.24. The Hall–Kier alpha value is -3.02. The quantitative estimate of drug-likeness (QED) is 0.878. The van der Waals surface area contributed by atoms with Crippen LogP contribution in [-0.4, -0.2) is 33.2 Å². The van der Waals surface area contributed by atoms with Crippen LogP contribution in [-0.2, 0) is 17.8 Å². The second kappa shape index (κ2) is 6.62. The molecule has 0 spiro atoms. The lowest BCUT2D eigenvalue weighted by atomic mass is 10.0. The zero-order valence-corrected chi connectivity index (χ0v) is 13.5. The van der Waals surface area contributed by atoms with Crippen molar-refractivity contribution in [2.45, 2.75) is 19.9 Å². The van der Waals surface area contributed by atoms with Crippen molar-refractivity contribution >= 4 is 17.5 Å². The molecule has 0 unspecified atom stereocenters. The summed E-state index contributed by atoms with van der Waals surface area (Å²) in [5, 5.41) is 2.66. The number of benzene rings is 1. The molecular weight excluding hydrogens is 304 g/mol. The molecule has 0 saturated heterocycles. The Morgan fingerprint density at radius 1 is 1.25 bits per heavy atom. The molecule has 3 rings (SSSR count). The van der Waals surface area contributed by atoms with Crippen LogP contribution in [0.4, 0.5) is 5.69 Å². The average molecular weight is 322 g/mol. The number of hydrogen-bond acceptors (Lipinski definition) is 4. The zero-order valence-electron chi connectivity index (χ0n) is 13.5. The SMILES string of the molecule is C=CC(=O)Nc1ccc(C(=O)N2CCc3ncnc(C)c3C2)cc1. The molecule has 1 N–H and O–H groups in total. The minimum absolute atomic E-state index is 0.0366. The molecule has 0 aliphatic carbocycles. The van der Waals surface area contributed by atoms with Crippen LogP contribution in [0.25, 0.3) is 0 Å². The Bertz CT molecular complexity index is 799. The first kappa shape index (κ1) is 15.9. The van der Waals surface area contributed by atoms with Crippen LogP contribution < -0.4 is 5.32 Å². The standard InChI is InChI=1S/C18H18N4O2/c1-3-17(23)21-14-6-4-13(5-7-14)18(24)22-9-8-16-15(10-22)12(2)19-11-20-16/h3-7,11H,1,8-10H2,2H3,(H,21,23). The van der Waals surface area contributed by atoms with Crippen molar-refractivity contribution < 1.29 is 9.59 Å². The summed E-state index contributed by atoms with van der Waals surface area (Å²) in [7, 11) is 0. The highest BCUT2D eigenvalue weighted by Crippen LogP contribution is 2.21. The van der Waals surface area contributed by atoms with Crippen molar-refractivity contribution in [1.29, 1.82) is 0 Å². The van der Waals surface area contributed by atoms with E-state index in [1.807, 2.05) is 6.92 Å². The molecule has 6 nitrogen and oxygen atoms in total. The average Bonchev–Trinajstić information content (AvgIpc) is 2.62. The third kappa shape index (κ3) is 3.17. The molecule has 2 aromatic rings. The molecular formula is C18H18N4O2. The third-order valence-corrected chi connectivity index (χ3v) is 4.09. The van der Waals surface area contributed by atoms with Crippen molar-refractivity contribution in [3.63, 3.8) is 0 Å². The molecule has 0 bridgehead atoms. The first-order valence-electron chi connectivity index (χ1n) is 7.70. The van der Waals surface area contributed by atoms with Gasteiger partial charge in [0.15, 0.2) is 0 Å². The second-order valence-corrected chi connectivity index (χ2v) is 5.63. The van der Waals surface area contributed by atoms with Crippen LogP contribution in [0.2, 0.25) is 0 Å². The van der Waals surface area contributed by atoms with E-state index < -0.39 is 0 Å². The Morgan fingerprint density at radius 2 is 2.00 bits per heavy atom. The lowest BCUT2D eigenvalue weighted by molar-refractivity contribution is -0.111. The van der Waals surface area contributed by atoms with Crippen molar-refractivity contribution in [3.05, 3.63) is 65.8 Å². The first-order chi connectivity index (χ1) is 11.6. The van der Waals surface area contributed by atoms with E-state index in [9.17, 15) is 9.59 Å². The maximum Gasteiger partial charge on any atom is 0.254 e. The lowest BCUT2D eigenvalue weighted by Crippen LogP contribution is -2.36. The number of rotatable bonds is 3. The predicted octanol–water partition coefficient (Wildman–Crippen LogP) is 2.11. The van der Waals surface area contributed by atoms with E-state index in [-0.39, 0.29) is 11.8 Å². The maximum absolute atomic E-state index is 12.7. The monoisotopic (exact) mass is 322 g/mol. The van der Waals surface area contributed by atoms with Crippen molar-refractivity contribution in [1.82, 2.24) is 14.9 Å². The van der Waals surface area contributed by atoms with E-state index in [1.54, 1.807) is 35.5 Å². The molecule has 0 fully saturated rings. The van der Waals surface area contributed by atoms with Crippen LogP contribution in [0.5, 0.6) is 0 Å². The third-order valence-electron chi connectivity index (χ3n) is 4.09. The van der Waals surface area contributed by atoms with Gasteiger partial charge in [0.1, 0.15) is 6.33 Å². The predicted molar refractivity (Wildman–Crippen MR) is 90.5 cm³/mol. The molecule has 122 valence electrons. The minimum atomic E-state index is -0.280. The summed E-state index contributed by atoms with van der Waals surface area (Å²) in [6, 6.07) is 6.84. The number of hydrogen-bond donors (Lipinski definition) is 1. The van der Waals surface area contributed by atoms with Gasteiger partial charge in [-0.3, -0.25) is 9.59 Å². The van der Waals surface area contributed by atoms with Crippen LogP contribution in [0.3, 0.4) is 0 Å². The van der Waals surface area contributed by atoms with Gasteiger partial charge in [-0.15, -0.1) is 0 Å². The first-order valence-corrected chi connectivity index (χ1v) is 7.70. The van der Waals surface area contributed by atoms with E-state index in [0.717, 1.165) is 23.4 Å². The molecule has 24 heavy (non-hydrogen) atoms. The van der Waals surface area contributed by atoms with Crippen molar-refractivity contribution in [3.8, 4) is 0 Å². The van der Waals surface area contributed by atoms with Crippen molar-refractivity contribution in [2.24, 2.45) is 0 Å². The summed E-state index contributed by atoms with van der Waals surface area (Å²) >= 11 is 0. The van der Waals surface area contributed by atoms with Gasteiger partial charge in [-0.1, -0.05) is 6.58 Å². The number of amides is 2. The molecule has 0 atom stereocenters. The number of nitrogens with zero attached hydrogens (tertiary/aromatic N) is 3. The number of anilines is 1. The van der Waals surface area contributed by atoms with Crippen LogP contribution in [0, 0.1) is 6.92 Å². The highest BCUT2D eigenvalue weighted by atomic mass is 16.2. The smallest absolute Gasteiger partial charge is 0.254 e. The van der Waals surface area contributed by atoms with Crippen molar-refractivity contribution in [2.75, 3.05) is 11.9 Å². The fourth-order valence-electron chi connectivity index (χ4n) is 2.73. The summed E-state index contributed by atoms with van der Waals surface area (Å²) in [4.78, 5) is 34.3. The van der Waals surface area contributed by atoms with Gasteiger partial charge in [0.05, 0.1) is 5.69 Å². The summed E-state index contributed by atoms with van der Waals surface area (Å²) in [6.07, 6.45) is 3.51. The summed E-state index contributed by atoms with van der Waals surface area (Å²) in [5.41, 5.74) is 4.19. The molecule has 2 heterocycles. The number of nitrogens with one attached hydrogen (secondary N) is 1. The van der Waals surface area contributed by atoms with E-state index >= 15 is 0 Å². The number of aryl methyl sites for hydroxylation is 1. The van der Waals surface area contributed by atoms with Gasteiger partial charge in [-0.2, -0.15) is 0 Å². The molecule has 6 heteroatoms. The molecule has 1 aromatic carbocycles. The topological polar surface area (TPSA) is 75.2 Å². The minimum Gasteiger partial charge on any atom is -0.334 e. The Morgan fingerprint density at radius 3 is 2.71 bits per heavy atom. The fraction of sp³-hybridized carbons (Fsp3) is 0.222. The zero-order chi connectivity index (χ0) is 17.1. The second-order valence-electron chi connectivity index (χ2n) is 5.63. The fourth-order valence-corrected chi connectivity index (χ4v) is 2.73. The van der Waals surface area contributed by atoms with Gasteiger partial charge in [-0.25, -0.2) is 9.97 Å². The Labute approximate surface area is 140 Å². The van der Waals surface area contributed by atoms with Gasteiger partial charge >= 0.3 is 0 Å². The molecule has 1 aromatic heterocycles. The molecule has 0 radical (unpaired) electrons. The van der Waals surface area contributed by atoms with Gasteiger partial charge in [0.2, 0.25) is 5.91 Å². The molecule has 0 saturated carbocycles. The molecule has 1 aliphatic heterocycles. The largest absolute Gasteiger partial charge is 0.334 e. The van der Waals surface area contributed by atoms with Gasteiger partial charge in [0.25, 0.3) is 5.91 Å². The Balaban J connectivity index is 1.74. The normalized spacial score (nSPS) is 13.1. The summed E-state index contributed by atoms with van der Waals surface area (Å²) < 4.78 is 0. The lowest BCUT2D eigenvalue weighted by Gasteiger charge is -2.29. The van der Waals surface area contributed by atoms with Crippen LogP contribution >= 0.6 is 0 Å². The van der Waals surface area contributed by atoms with Gasteiger partial charge < -0.3 is 10.2 Å². The van der Waals surface area contributed by atoms with E-state index in [0.29, 0.717) is 24.3 Å². The van der Waals surface area contributed by atoms with E-state index in [1.165, 1.54) is 6.08 Å². The summed E-state index contributed by atoms with van der Waals surface area (Å²) in [5.74, 6) is -0.317. The molecule has 1 aliphatic rings. The summed E-state index contributed by atoms with van der Waals surface area (Å²) in [6.45, 7) is 6.50. The van der Waals surface area contributed by atoms with E-state index in [2.05, 4.69) is 21.9 Å². The van der Waals surface area contributed by atoms with E-state index in [4.69, 9.17) is 0 Å². The number of fused-ring (bicyclic) bond motifs is 1. The number of carbonyl (C=O) groups is 2. The van der Waals surface area contributed by atoms with Gasteiger partial charge in [0, 0.05) is 42.0 Å². The highest BCUT2D eigenvalue weighted by molar-refractivity contribution is 5.99. The maximum atomic E-state index is 12.7. The van der Waals surface area contributed by atoms with Crippen LogP contribution in [0.15, 0.2) is 43.2 Å². The number of aromatic nitrogens is 2. The number of carbonyl (C=O) groups excluding carboxylic acids is 2.